The molecule has 0 unspecified atom stereocenters. The Bertz CT molecular complexity index is 616. The Morgan fingerprint density at radius 1 is 1.20 bits per heavy atom. The summed E-state index contributed by atoms with van der Waals surface area (Å²) < 4.78 is 0. The molecule has 3 rings (SSSR count). The number of pyridine rings is 1. The third-order valence-corrected chi connectivity index (χ3v) is 3.32. The smallest absolute Gasteiger partial charge is 0.187 e. The van der Waals surface area contributed by atoms with E-state index in [9.17, 15) is 0 Å². The Kier molecular flexibility index (Phi) is 4.23. The first kappa shape index (κ1) is 14.3. The average Bonchev–Trinajstić information content (AvgIpc) is 3.18. The molecule has 4 nitrogen and oxygen atoms in total. The fraction of sp³-hybridized carbons (Fsp3) is 0.200. The second kappa shape index (κ2) is 5.91. The second-order valence-corrected chi connectivity index (χ2v) is 4.77. The highest BCUT2D eigenvalue weighted by Crippen LogP contribution is 2.38. The molecule has 1 aromatic carbocycles. The Morgan fingerprint density at radius 3 is 2.40 bits per heavy atom. The van der Waals surface area contributed by atoms with Gasteiger partial charge in [0.05, 0.1) is 6.57 Å². The molecule has 0 spiro atoms. The zero-order valence-corrected chi connectivity index (χ0v) is 11.6. The van der Waals surface area contributed by atoms with Crippen LogP contribution in [0.2, 0.25) is 0 Å². The van der Waals surface area contributed by atoms with Crippen molar-refractivity contribution in [2.45, 2.75) is 18.4 Å². The van der Waals surface area contributed by atoms with Crippen LogP contribution in [-0.2, 0) is 0 Å². The summed E-state index contributed by atoms with van der Waals surface area (Å²) in [6, 6.07) is 11.7. The SMILES string of the molecule is Cl.[C-]#[N+]c1ccc(Nc2ccc([C@H]3C[C@@H]3N)cn2)cc1. The van der Waals surface area contributed by atoms with Crippen LogP contribution in [0.5, 0.6) is 0 Å². The van der Waals surface area contributed by atoms with Crippen molar-refractivity contribution in [3.63, 3.8) is 0 Å². The number of benzene rings is 1. The molecule has 1 aromatic heterocycles. The molecule has 5 heteroatoms. The normalized spacial score (nSPS) is 19.6. The summed E-state index contributed by atoms with van der Waals surface area (Å²) in [6.45, 7) is 6.90. The van der Waals surface area contributed by atoms with E-state index in [1.165, 1.54) is 5.56 Å². The van der Waals surface area contributed by atoms with Crippen molar-refractivity contribution in [3.05, 3.63) is 59.6 Å². The average molecular weight is 287 g/mol. The minimum Gasteiger partial charge on any atom is -0.340 e. The van der Waals surface area contributed by atoms with Crippen LogP contribution in [0.1, 0.15) is 17.9 Å². The van der Waals surface area contributed by atoms with E-state index in [4.69, 9.17) is 12.3 Å². The van der Waals surface area contributed by atoms with Gasteiger partial charge >= 0.3 is 0 Å². The van der Waals surface area contributed by atoms with Crippen LogP contribution in [0.4, 0.5) is 17.2 Å². The Labute approximate surface area is 124 Å². The maximum Gasteiger partial charge on any atom is 0.187 e. The quantitative estimate of drug-likeness (QED) is 0.848. The molecular weight excluding hydrogens is 272 g/mol. The number of hydrogen-bond acceptors (Lipinski definition) is 3. The Hall–Kier alpha value is -2.09. The molecule has 102 valence electrons. The van der Waals surface area contributed by atoms with Crippen molar-refractivity contribution in [1.82, 2.24) is 4.98 Å². The van der Waals surface area contributed by atoms with Crippen molar-refractivity contribution < 1.29 is 0 Å². The van der Waals surface area contributed by atoms with Gasteiger partial charge in [-0.15, -0.1) is 12.4 Å². The highest BCUT2D eigenvalue weighted by Gasteiger charge is 2.34. The van der Waals surface area contributed by atoms with Gasteiger partial charge in [-0.25, -0.2) is 9.83 Å². The van der Waals surface area contributed by atoms with Gasteiger partial charge in [0.2, 0.25) is 0 Å². The van der Waals surface area contributed by atoms with Crippen molar-refractivity contribution in [2.24, 2.45) is 5.73 Å². The minimum absolute atomic E-state index is 0. The molecule has 2 aromatic rings. The summed E-state index contributed by atoms with van der Waals surface area (Å²) in [5, 5.41) is 3.21. The number of nitrogens with two attached hydrogens (primary N) is 1. The molecular formula is C15H15ClN4. The van der Waals surface area contributed by atoms with E-state index in [0.29, 0.717) is 17.6 Å². The van der Waals surface area contributed by atoms with Gasteiger partial charge in [0.25, 0.3) is 0 Å². The zero-order valence-electron chi connectivity index (χ0n) is 10.8. The topological polar surface area (TPSA) is 55.3 Å². The minimum atomic E-state index is 0. The van der Waals surface area contributed by atoms with E-state index in [1.807, 2.05) is 24.4 Å². The highest BCUT2D eigenvalue weighted by atomic mass is 35.5. The molecule has 1 aliphatic carbocycles. The van der Waals surface area contributed by atoms with Gasteiger partial charge in [-0.2, -0.15) is 0 Å². The first-order valence-electron chi connectivity index (χ1n) is 6.22. The number of halogens is 1. The largest absolute Gasteiger partial charge is 0.340 e. The number of nitrogens with one attached hydrogen (secondary N) is 1. The molecule has 1 fully saturated rings. The lowest BCUT2D eigenvalue weighted by Gasteiger charge is -2.06. The molecule has 0 amide bonds. The molecule has 0 bridgehead atoms. The van der Waals surface area contributed by atoms with E-state index in [1.54, 1.807) is 12.1 Å². The van der Waals surface area contributed by atoms with E-state index >= 15 is 0 Å². The second-order valence-electron chi connectivity index (χ2n) is 4.77. The van der Waals surface area contributed by atoms with Crippen LogP contribution in [0, 0.1) is 6.57 Å². The summed E-state index contributed by atoms with van der Waals surface area (Å²) in [5.41, 5.74) is 8.59. The summed E-state index contributed by atoms with van der Waals surface area (Å²) in [6.07, 6.45) is 2.94. The Morgan fingerprint density at radius 2 is 1.90 bits per heavy atom. The van der Waals surface area contributed by atoms with Crippen LogP contribution >= 0.6 is 12.4 Å². The van der Waals surface area contributed by atoms with E-state index in [-0.39, 0.29) is 12.4 Å². The molecule has 1 heterocycles. The van der Waals surface area contributed by atoms with Gasteiger partial charge in [0.1, 0.15) is 5.82 Å². The highest BCUT2D eigenvalue weighted by molar-refractivity contribution is 5.85. The number of nitrogens with zero attached hydrogens (tertiary/aromatic N) is 2. The van der Waals surface area contributed by atoms with Crippen molar-refractivity contribution in [2.75, 3.05) is 5.32 Å². The number of rotatable bonds is 3. The fourth-order valence-corrected chi connectivity index (χ4v) is 2.06. The molecule has 0 saturated heterocycles. The monoisotopic (exact) mass is 286 g/mol. The first-order valence-corrected chi connectivity index (χ1v) is 6.22. The predicted octanol–water partition coefficient (Wildman–Crippen LogP) is 3.61. The van der Waals surface area contributed by atoms with Crippen molar-refractivity contribution >= 4 is 29.6 Å². The maximum atomic E-state index is 6.90. The zero-order chi connectivity index (χ0) is 13.2. The summed E-state index contributed by atoms with van der Waals surface area (Å²) >= 11 is 0. The number of hydrogen-bond donors (Lipinski definition) is 2. The van der Waals surface area contributed by atoms with Crippen molar-refractivity contribution in [1.29, 1.82) is 0 Å². The van der Waals surface area contributed by atoms with Gasteiger partial charge in [-0.1, -0.05) is 18.2 Å². The Balaban J connectivity index is 0.00000147. The number of aromatic nitrogens is 1. The lowest BCUT2D eigenvalue weighted by atomic mass is 10.2. The lowest BCUT2D eigenvalue weighted by Crippen LogP contribution is -2.01. The summed E-state index contributed by atoms with van der Waals surface area (Å²) in [4.78, 5) is 7.74. The molecule has 1 aliphatic rings. The van der Waals surface area contributed by atoms with Gasteiger partial charge in [0.15, 0.2) is 5.69 Å². The van der Waals surface area contributed by atoms with E-state index in [2.05, 4.69) is 21.2 Å². The molecule has 3 N–H and O–H groups in total. The molecule has 1 saturated carbocycles. The van der Waals surface area contributed by atoms with E-state index < -0.39 is 0 Å². The van der Waals surface area contributed by atoms with Gasteiger partial charge in [-0.3, -0.25) is 0 Å². The van der Waals surface area contributed by atoms with Crippen LogP contribution in [0.3, 0.4) is 0 Å². The van der Waals surface area contributed by atoms with Gasteiger partial charge < -0.3 is 11.1 Å². The van der Waals surface area contributed by atoms with Crippen LogP contribution in [0.15, 0.2) is 42.6 Å². The van der Waals surface area contributed by atoms with E-state index in [0.717, 1.165) is 17.9 Å². The van der Waals surface area contributed by atoms with Gasteiger partial charge in [-0.05, 0) is 30.2 Å². The standard InChI is InChI=1S/C15H14N4.ClH/c1-17-11-3-5-12(6-4-11)19-15-7-2-10(9-18-15)13-8-14(13)16;/h2-7,9,13-14H,8,16H2,(H,18,19);1H/t13-,14+;/m1./s1. The van der Waals surface area contributed by atoms with Gasteiger partial charge in [0, 0.05) is 23.8 Å². The maximum absolute atomic E-state index is 6.90. The molecule has 0 radical (unpaired) electrons. The third kappa shape index (κ3) is 3.08. The van der Waals surface area contributed by atoms with Crippen LogP contribution < -0.4 is 11.1 Å². The third-order valence-electron chi connectivity index (χ3n) is 3.32. The predicted molar refractivity (Wildman–Crippen MR) is 82.8 cm³/mol. The molecule has 0 aliphatic heterocycles. The fourth-order valence-electron chi connectivity index (χ4n) is 2.06. The lowest BCUT2D eigenvalue weighted by molar-refractivity contribution is 0.981. The molecule has 2 atom stereocenters. The molecule has 20 heavy (non-hydrogen) atoms. The summed E-state index contributed by atoms with van der Waals surface area (Å²) in [7, 11) is 0. The van der Waals surface area contributed by atoms with Crippen LogP contribution in [0.25, 0.3) is 4.85 Å². The summed E-state index contributed by atoms with van der Waals surface area (Å²) in [5.74, 6) is 1.29. The number of anilines is 2. The van der Waals surface area contributed by atoms with Crippen molar-refractivity contribution in [3.8, 4) is 0 Å². The van der Waals surface area contributed by atoms with Crippen LogP contribution in [-0.4, -0.2) is 11.0 Å². The first-order chi connectivity index (χ1) is 9.26.